The average molecular weight is 410 g/mol. The van der Waals surface area contributed by atoms with Crippen LogP contribution in [-0.2, 0) is 20.7 Å². The Labute approximate surface area is 150 Å². The minimum Gasteiger partial charge on any atom is -0.363 e. The van der Waals surface area contributed by atoms with E-state index in [9.17, 15) is 26.8 Å². The van der Waals surface area contributed by atoms with E-state index in [4.69, 9.17) is 0 Å². The van der Waals surface area contributed by atoms with Crippen LogP contribution in [0.3, 0.4) is 0 Å². The Bertz CT molecular complexity index is 897. The zero-order valence-electron chi connectivity index (χ0n) is 13.3. The summed E-state index contributed by atoms with van der Waals surface area (Å²) in [6.45, 7) is -0.403. The van der Waals surface area contributed by atoms with Gasteiger partial charge >= 0.3 is 16.5 Å². The highest BCUT2D eigenvalue weighted by Crippen LogP contribution is 2.30. The van der Waals surface area contributed by atoms with Gasteiger partial charge in [0.1, 0.15) is 0 Å². The largest absolute Gasteiger partial charge is 0.416 e. The fourth-order valence-electron chi connectivity index (χ4n) is 1.77. The lowest BCUT2D eigenvalue weighted by molar-refractivity contribution is -0.137. The lowest BCUT2D eigenvalue weighted by Gasteiger charge is -2.07. The van der Waals surface area contributed by atoms with Crippen LogP contribution in [0.2, 0.25) is 0 Å². The van der Waals surface area contributed by atoms with E-state index in [2.05, 4.69) is 34.6 Å². The number of hydrogen-bond acceptors (Lipinski definition) is 9. The molecule has 0 atom stereocenters. The van der Waals surface area contributed by atoms with Crippen LogP contribution in [-0.4, -0.2) is 42.9 Å². The molecular weight excluding hydrogens is 397 g/mol. The number of nitrogens with zero attached hydrogens (tertiary/aromatic N) is 3. The van der Waals surface area contributed by atoms with Crippen LogP contribution in [0.15, 0.2) is 33.9 Å². The van der Waals surface area contributed by atoms with E-state index in [1.807, 2.05) is 0 Å². The van der Waals surface area contributed by atoms with Gasteiger partial charge in [-0.05, 0) is 34.6 Å². The van der Waals surface area contributed by atoms with E-state index in [1.54, 1.807) is 5.48 Å². The van der Waals surface area contributed by atoms with Crippen LogP contribution in [0.25, 0.3) is 0 Å². The number of aromatic nitrogens is 2. The van der Waals surface area contributed by atoms with Crippen LogP contribution in [0, 0.1) is 0 Å². The number of hydrogen-bond donors (Lipinski definition) is 4. The Balaban J connectivity index is 2.13. The molecule has 0 bridgehead atoms. The SMILES string of the molecule is NS(=O)(=O)OCCNc1nonc1C(=Nc1ccc(C(F)(F)F)cc1)NO. The third-order valence-electron chi connectivity index (χ3n) is 2.90. The van der Waals surface area contributed by atoms with Gasteiger partial charge in [-0.25, -0.2) is 14.8 Å². The van der Waals surface area contributed by atoms with Crippen LogP contribution >= 0.6 is 0 Å². The summed E-state index contributed by atoms with van der Waals surface area (Å²) >= 11 is 0. The van der Waals surface area contributed by atoms with Crippen LogP contribution < -0.4 is 15.9 Å². The molecule has 2 rings (SSSR count). The summed E-state index contributed by atoms with van der Waals surface area (Å²) in [6, 6.07) is 3.80. The van der Waals surface area contributed by atoms with Gasteiger partial charge in [0.2, 0.25) is 5.82 Å². The molecule has 0 unspecified atom stereocenters. The summed E-state index contributed by atoms with van der Waals surface area (Å²) in [4.78, 5) is 3.91. The Morgan fingerprint density at radius 2 is 1.96 bits per heavy atom. The fourth-order valence-corrected chi connectivity index (χ4v) is 2.09. The highest BCUT2D eigenvalue weighted by molar-refractivity contribution is 7.84. The molecule has 1 aromatic carbocycles. The smallest absolute Gasteiger partial charge is 0.363 e. The van der Waals surface area contributed by atoms with Crippen molar-refractivity contribution in [1.82, 2.24) is 15.8 Å². The van der Waals surface area contributed by atoms with Crippen molar-refractivity contribution in [2.24, 2.45) is 10.1 Å². The summed E-state index contributed by atoms with van der Waals surface area (Å²) < 4.78 is 67.8. The number of nitrogens with one attached hydrogen (secondary N) is 2. The van der Waals surface area contributed by atoms with Gasteiger partial charge in [-0.1, -0.05) is 0 Å². The molecular formula is C12H13F3N6O5S. The minimum absolute atomic E-state index is 0.0415. The average Bonchev–Trinajstić information content (AvgIpc) is 3.03. The van der Waals surface area contributed by atoms with Gasteiger partial charge in [0.05, 0.1) is 17.9 Å². The topological polar surface area (TPSA) is 165 Å². The lowest BCUT2D eigenvalue weighted by atomic mass is 10.2. The van der Waals surface area contributed by atoms with Crippen LogP contribution in [0.1, 0.15) is 11.3 Å². The molecule has 15 heteroatoms. The van der Waals surface area contributed by atoms with E-state index in [-0.39, 0.29) is 36.2 Å². The monoisotopic (exact) mass is 410 g/mol. The van der Waals surface area contributed by atoms with E-state index < -0.39 is 22.0 Å². The van der Waals surface area contributed by atoms with Crippen molar-refractivity contribution in [3.05, 3.63) is 35.5 Å². The summed E-state index contributed by atoms with van der Waals surface area (Å²) in [7, 11) is -4.11. The standard InChI is InChI=1S/C12H13F3N6O5S/c13-12(14,15)7-1-3-8(4-2-7)18-11(19-22)9-10(21-26-20-9)17-5-6-25-27(16,23)24/h1-4,22H,5-6H2,(H,17,21)(H,18,19)(H2,16,23,24). The second-order valence-electron chi connectivity index (χ2n) is 4.82. The molecule has 1 aromatic heterocycles. The first-order valence-electron chi connectivity index (χ1n) is 7.00. The molecule has 11 nitrogen and oxygen atoms in total. The van der Waals surface area contributed by atoms with Crippen LogP contribution in [0.5, 0.6) is 0 Å². The summed E-state index contributed by atoms with van der Waals surface area (Å²) in [5.74, 6) is -0.328. The molecule has 148 valence electrons. The predicted octanol–water partition coefficient (Wildman–Crippen LogP) is 0.778. The van der Waals surface area contributed by atoms with Crippen LogP contribution in [0.4, 0.5) is 24.7 Å². The molecule has 0 aliphatic carbocycles. The number of anilines is 1. The lowest BCUT2D eigenvalue weighted by Crippen LogP contribution is -2.23. The van der Waals surface area contributed by atoms with Crippen molar-refractivity contribution < 1.29 is 35.6 Å². The van der Waals surface area contributed by atoms with E-state index >= 15 is 0 Å². The number of nitrogens with two attached hydrogens (primary N) is 1. The minimum atomic E-state index is -4.49. The quantitative estimate of drug-likeness (QED) is 0.223. The normalized spacial score (nSPS) is 12.9. The van der Waals surface area contributed by atoms with Crippen molar-refractivity contribution >= 4 is 27.6 Å². The van der Waals surface area contributed by atoms with E-state index in [1.165, 1.54) is 0 Å². The van der Waals surface area contributed by atoms with Crippen molar-refractivity contribution in [2.45, 2.75) is 6.18 Å². The first-order valence-corrected chi connectivity index (χ1v) is 8.47. The Hall–Kier alpha value is -2.75. The van der Waals surface area contributed by atoms with Gasteiger partial charge in [0.25, 0.3) is 0 Å². The molecule has 2 aromatic rings. The highest BCUT2D eigenvalue weighted by Gasteiger charge is 2.30. The number of aliphatic imine (C=N–C) groups is 1. The maximum Gasteiger partial charge on any atom is 0.416 e. The Morgan fingerprint density at radius 3 is 2.52 bits per heavy atom. The molecule has 0 aliphatic heterocycles. The van der Waals surface area contributed by atoms with Gasteiger partial charge in [-0.3, -0.25) is 14.9 Å². The summed E-state index contributed by atoms with van der Waals surface area (Å²) in [5, 5.41) is 23.5. The summed E-state index contributed by atoms with van der Waals surface area (Å²) in [6.07, 6.45) is -4.49. The zero-order chi connectivity index (χ0) is 20.1. The summed E-state index contributed by atoms with van der Waals surface area (Å²) in [5.41, 5.74) is 0.828. The first-order chi connectivity index (χ1) is 12.6. The number of hydroxylamine groups is 1. The highest BCUT2D eigenvalue weighted by atomic mass is 32.2. The first kappa shape index (κ1) is 20.6. The molecule has 27 heavy (non-hydrogen) atoms. The number of alkyl halides is 3. The molecule has 0 aliphatic rings. The fraction of sp³-hybridized carbons (Fsp3) is 0.250. The molecule has 0 fully saturated rings. The molecule has 0 amide bonds. The molecule has 1 heterocycles. The zero-order valence-corrected chi connectivity index (χ0v) is 14.1. The number of benzene rings is 1. The Morgan fingerprint density at radius 1 is 1.30 bits per heavy atom. The van der Waals surface area contributed by atoms with Gasteiger partial charge in [0.15, 0.2) is 11.5 Å². The van der Waals surface area contributed by atoms with Crippen molar-refractivity contribution in [2.75, 3.05) is 18.5 Å². The molecule has 0 spiro atoms. The number of amidine groups is 1. The van der Waals surface area contributed by atoms with Gasteiger partial charge < -0.3 is 5.32 Å². The molecule has 0 saturated carbocycles. The van der Waals surface area contributed by atoms with Gasteiger partial charge in [-0.2, -0.15) is 21.6 Å². The van der Waals surface area contributed by atoms with Gasteiger partial charge in [0, 0.05) is 6.54 Å². The molecule has 0 saturated heterocycles. The maximum absolute atomic E-state index is 12.6. The third-order valence-corrected chi connectivity index (χ3v) is 3.39. The van der Waals surface area contributed by atoms with E-state index in [0.29, 0.717) is 0 Å². The van der Waals surface area contributed by atoms with E-state index in [0.717, 1.165) is 24.3 Å². The Kier molecular flexibility index (Phi) is 6.32. The van der Waals surface area contributed by atoms with Crippen molar-refractivity contribution in [1.29, 1.82) is 0 Å². The number of rotatable bonds is 7. The van der Waals surface area contributed by atoms with Crippen molar-refractivity contribution in [3.8, 4) is 0 Å². The second kappa shape index (κ2) is 8.30. The van der Waals surface area contributed by atoms with Crippen molar-refractivity contribution in [3.63, 3.8) is 0 Å². The second-order valence-corrected chi connectivity index (χ2v) is 6.04. The maximum atomic E-state index is 12.6. The third kappa shape index (κ3) is 6.17. The molecule has 5 N–H and O–H groups in total. The number of halogens is 3. The predicted molar refractivity (Wildman–Crippen MR) is 84.4 cm³/mol. The van der Waals surface area contributed by atoms with Gasteiger partial charge in [-0.15, -0.1) is 0 Å². The molecule has 0 radical (unpaired) electrons.